The number of ether oxygens (including phenoxy) is 1. The van der Waals surface area contributed by atoms with Gasteiger partial charge in [-0.05, 0) is 36.4 Å². The van der Waals surface area contributed by atoms with Crippen molar-refractivity contribution >= 4 is 17.7 Å². The van der Waals surface area contributed by atoms with Gasteiger partial charge in [-0.3, -0.25) is 9.36 Å². The minimum Gasteiger partial charge on any atom is -0.497 e. The Balaban J connectivity index is 1.61. The Bertz CT molecular complexity index is 815. The van der Waals surface area contributed by atoms with E-state index in [0.29, 0.717) is 11.7 Å². The standard InChI is InChI=1S/C17H18N4O3S/c1-20(10-15-4-3-9-24-15)16(22)11-25-17-19-18-12-21(17)13-5-7-14(23-2)8-6-13/h3-9,12H,10-11H2,1-2H3. The highest BCUT2D eigenvalue weighted by atomic mass is 32.2. The Hall–Kier alpha value is -2.74. The number of carbonyl (C=O) groups excluding carboxylic acids is 1. The average molecular weight is 358 g/mol. The maximum absolute atomic E-state index is 12.3. The van der Waals surface area contributed by atoms with Crippen molar-refractivity contribution in [3.63, 3.8) is 0 Å². The lowest BCUT2D eigenvalue weighted by molar-refractivity contribution is -0.127. The lowest BCUT2D eigenvalue weighted by Crippen LogP contribution is -2.27. The van der Waals surface area contributed by atoms with Crippen LogP contribution in [-0.2, 0) is 11.3 Å². The van der Waals surface area contributed by atoms with E-state index in [1.165, 1.54) is 11.8 Å². The molecular weight excluding hydrogens is 340 g/mol. The molecule has 25 heavy (non-hydrogen) atoms. The van der Waals surface area contributed by atoms with E-state index >= 15 is 0 Å². The van der Waals surface area contributed by atoms with Gasteiger partial charge in [-0.2, -0.15) is 0 Å². The van der Waals surface area contributed by atoms with Gasteiger partial charge in [-0.25, -0.2) is 0 Å². The summed E-state index contributed by atoms with van der Waals surface area (Å²) in [5.74, 6) is 1.79. The van der Waals surface area contributed by atoms with Gasteiger partial charge < -0.3 is 14.1 Å². The normalized spacial score (nSPS) is 10.6. The average Bonchev–Trinajstić information content (AvgIpc) is 3.31. The van der Waals surface area contributed by atoms with Crippen LogP contribution in [0.1, 0.15) is 5.76 Å². The van der Waals surface area contributed by atoms with E-state index in [0.717, 1.165) is 17.2 Å². The van der Waals surface area contributed by atoms with Crippen molar-refractivity contribution in [1.82, 2.24) is 19.7 Å². The fraction of sp³-hybridized carbons (Fsp3) is 0.235. The Kier molecular flexibility index (Phi) is 5.39. The third-order valence-electron chi connectivity index (χ3n) is 3.59. The molecule has 0 unspecified atom stereocenters. The zero-order valence-electron chi connectivity index (χ0n) is 14.0. The molecule has 1 aromatic carbocycles. The molecular formula is C17H18N4O3S. The summed E-state index contributed by atoms with van der Waals surface area (Å²) in [5, 5.41) is 8.70. The topological polar surface area (TPSA) is 73.4 Å². The van der Waals surface area contributed by atoms with E-state index in [2.05, 4.69) is 10.2 Å². The molecule has 0 fully saturated rings. The summed E-state index contributed by atoms with van der Waals surface area (Å²) in [6.45, 7) is 0.442. The molecule has 7 nitrogen and oxygen atoms in total. The summed E-state index contributed by atoms with van der Waals surface area (Å²) < 4.78 is 12.3. The second-order valence-corrected chi connectivity index (χ2v) is 6.24. The Labute approximate surface area is 149 Å². The summed E-state index contributed by atoms with van der Waals surface area (Å²) in [4.78, 5) is 13.9. The highest BCUT2D eigenvalue weighted by molar-refractivity contribution is 7.99. The van der Waals surface area contributed by atoms with E-state index in [-0.39, 0.29) is 11.7 Å². The predicted molar refractivity (Wildman–Crippen MR) is 93.8 cm³/mol. The predicted octanol–water partition coefficient (Wildman–Crippen LogP) is 2.62. The number of aromatic nitrogens is 3. The summed E-state index contributed by atoms with van der Waals surface area (Å²) in [6, 6.07) is 11.2. The molecule has 0 aliphatic heterocycles. The number of benzene rings is 1. The molecule has 0 atom stereocenters. The molecule has 0 saturated carbocycles. The monoisotopic (exact) mass is 358 g/mol. The van der Waals surface area contributed by atoms with Crippen LogP contribution in [0.4, 0.5) is 0 Å². The van der Waals surface area contributed by atoms with Crippen LogP contribution in [0.2, 0.25) is 0 Å². The molecule has 2 heterocycles. The second-order valence-electron chi connectivity index (χ2n) is 5.30. The van der Waals surface area contributed by atoms with Gasteiger partial charge >= 0.3 is 0 Å². The fourth-order valence-electron chi connectivity index (χ4n) is 2.20. The number of furan rings is 1. The van der Waals surface area contributed by atoms with E-state index in [9.17, 15) is 4.79 Å². The molecule has 0 spiro atoms. The molecule has 130 valence electrons. The zero-order valence-corrected chi connectivity index (χ0v) is 14.8. The SMILES string of the molecule is COc1ccc(-n2cnnc2SCC(=O)N(C)Cc2ccco2)cc1. The Morgan fingerprint density at radius 1 is 1.32 bits per heavy atom. The first-order valence-electron chi connectivity index (χ1n) is 7.61. The summed E-state index contributed by atoms with van der Waals surface area (Å²) >= 11 is 1.34. The van der Waals surface area contributed by atoms with Gasteiger partial charge in [0.2, 0.25) is 5.91 Å². The van der Waals surface area contributed by atoms with Crippen LogP contribution < -0.4 is 4.74 Å². The number of thioether (sulfide) groups is 1. The van der Waals surface area contributed by atoms with Crippen molar-refractivity contribution in [2.75, 3.05) is 19.9 Å². The minimum atomic E-state index is -0.00863. The van der Waals surface area contributed by atoms with E-state index in [4.69, 9.17) is 9.15 Å². The molecule has 0 aliphatic rings. The zero-order chi connectivity index (χ0) is 17.6. The second kappa shape index (κ2) is 7.89. The molecule has 0 bridgehead atoms. The van der Waals surface area contributed by atoms with Crippen molar-refractivity contribution in [3.05, 3.63) is 54.7 Å². The summed E-state index contributed by atoms with van der Waals surface area (Å²) in [7, 11) is 3.37. The van der Waals surface area contributed by atoms with Crippen molar-refractivity contribution in [3.8, 4) is 11.4 Å². The van der Waals surface area contributed by atoms with Crippen LogP contribution in [0.25, 0.3) is 5.69 Å². The van der Waals surface area contributed by atoms with E-state index in [1.807, 2.05) is 34.9 Å². The smallest absolute Gasteiger partial charge is 0.233 e. The minimum absolute atomic E-state index is 0.00863. The van der Waals surface area contributed by atoms with Gasteiger partial charge in [0.25, 0.3) is 0 Å². The highest BCUT2D eigenvalue weighted by Crippen LogP contribution is 2.21. The first-order chi connectivity index (χ1) is 12.2. The van der Waals surface area contributed by atoms with Gasteiger partial charge in [0.1, 0.15) is 17.8 Å². The van der Waals surface area contributed by atoms with Gasteiger partial charge in [0.15, 0.2) is 5.16 Å². The van der Waals surface area contributed by atoms with Crippen molar-refractivity contribution in [2.45, 2.75) is 11.7 Å². The van der Waals surface area contributed by atoms with Gasteiger partial charge in [-0.1, -0.05) is 11.8 Å². The molecule has 0 aliphatic carbocycles. The Morgan fingerprint density at radius 2 is 2.12 bits per heavy atom. The van der Waals surface area contributed by atoms with Crippen LogP contribution in [0.5, 0.6) is 5.75 Å². The molecule has 0 radical (unpaired) electrons. The fourth-order valence-corrected chi connectivity index (χ4v) is 3.07. The first kappa shape index (κ1) is 17.1. The number of hydrogen-bond acceptors (Lipinski definition) is 6. The van der Waals surface area contributed by atoms with Crippen LogP contribution in [0, 0.1) is 0 Å². The number of nitrogens with zero attached hydrogens (tertiary/aromatic N) is 4. The molecule has 0 saturated heterocycles. The highest BCUT2D eigenvalue weighted by Gasteiger charge is 2.14. The van der Waals surface area contributed by atoms with Crippen LogP contribution in [-0.4, -0.2) is 45.5 Å². The van der Waals surface area contributed by atoms with Crippen molar-refractivity contribution < 1.29 is 13.9 Å². The maximum atomic E-state index is 12.3. The molecule has 0 N–H and O–H groups in total. The molecule has 2 aromatic heterocycles. The lowest BCUT2D eigenvalue weighted by Gasteiger charge is -2.15. The van der Waals surface area contributed by atoms with Crippen molar-refractivity contribution in [2.24, 2.45) is 0 Å². The quantitative estimate of drug-likeness (QED) is 0.605. The lowest BCUT2D eigenvalue weighted by atomic mass is 10.3. The Morgan fingerprint density at radius 3 is 2.80 bits per heavy atom. The largest absolute Gasteiger partial charge is 0.497 e. The molecule has 1 amide bonds. The number of rotatable bonds is 7. The summed E-state index contributed by atoms with van der Waals surface area (Å²) in [6.07, 6.45) is 3.22. The van der Waals surface area contributed by atoms with Crippen LogP contribution in [0.3, 0.4) is 0 Å². The first-order valence-corrected chi connectivity index (χ1v) is 8.59. The molecule has 3 aromatic rings. The van der Waals surface area contributed by atoms with Gasteiger partial charge in [0, 0.05) is 12.7 Å². The van der Waals surface area contributed by atoms with Gasteiger partial charge in [0.05, 0.1) is 25.7 Å². The van der Waals surface area contributed by atoms with Crippen LogP contribution >= 0.6 is 11.8 Å². The van der Waals surface area contributed by atoms with E-state index < -0.39 is 0 Å². The van der Waals surface area contributed by atoms with Gasteiger partial charge in [-0.15, -0.1) is 10.2 Å². The summed E-state index contributed by atoms with van der Waals surface area (Å²) in [5.41, 5.74) is 0.907. The van der Waals surface area contributed by atoms with Crippen LogP contribution in [0.15, 0.2) is 58.6 Å². The molecule has 3 rings (SSSR count). The third-order valence-corrected chi connectivity index (χ3v) is 4.52. The number of carbonyl (C=O) groups is 1. The number of amides is 1. The number of methoxy groups -OCH3 is 1. The molecule has 8 heteroatoms. The maximum Gasteiger partial charge on any atom is 0.233 e. The number of hydrogen-bond donors (Lipinski definition) is 0. The third kappa shape index (κ3) is 4.21. The van der Waals surface area contributed by atoms with E-state index in [1.54, 1.807) is 37.7 Å². The van der Waals surface area contributed by atoms with Crippen molar-refractivity contribution in [1.29, 1.82) is 0 Å².